The summed E-state index contributed by atoms with van der Waals surface area (Å²) in [5.74, 6) is -1.46. The highest BCUT2D eigenvalue weighted by atomic mass is 16.4. The summed E-state index contributed by atoms with van der Waals surface area (Å²) in [7, 11) is 0. The van der Waals surface area contributed by atoms with Crippen LogP contribution in [0, 0.1) is 20.8 Å². The Balaban J connectivity index is 0.000000145. The summed E-state index contributed by atoms with van der Waals surface area (Å²) in [5.41, 5.74) is 0.982. The van der Waals surface area contributed by atoms with Crippen molar-refractivity contribution in [2.24, 2.45) is 0 Å². The number of rotatable bonds is 0. The van der Waals surface area contributed by atoms with E-state index in [2.05, 4.69) is 0 Å². The van der Waals surface area contributed by atoms with Gasteiger partial charge in [0.25, 0.3) is 0 Å². The van der Waals surface area contributed by atoms with Gasteiger partial charge in [-0.15, -0.1) is 0 Å². The van der Waals surface area contributed by atoms with Gasteiger partial charge in [0.05, 0.1) is 5.39 Å². The molecule has 6 rings (SSSR count). The molecule has 0 fully saturated rings. The molecule has 0 saturated carbocycles. The number of phenols is 6. The Morgan fingerprint density at radius 3 is 1.71 bits per heavy atom. The fourth-order valence-electron chi connectivity index (χ4n) is 4.15. The molecule has 6 N–H and O–H groups in total. The molecule has 0 radical (unpaired) electrons. The standard InChI is InChI=1S/3C10H8O4/c1-5-2-10(13)14-9-4-8(12)7(11)3-6(5)9;1-5-2-9(13)14-8-4-6(11)3-7(12)10(5)8;1-5-4-8(12)14-10-6(5)2-3-7(11)9(10)13/h2*2-4,11-12H,1H3;2-4,11,13H,1H3. The van der Waals surface area contributed by atoms with Gasteiger partial charge in [0.1, 0.15) is 22.7 Å². The number of benzene rings is 3. The molecule has 42 heavy (non-hydrogen) atoms. The van der Waals surface area contributed by atoms with Crippen LogP contribution in [0.3, 0.4) is 0 Å². The first-order valence-corrected chi connectivity index (χ1v) is 12.1. The minimum absolute atomic E-state index is 0.0231. The van der Waals surface area contributed by atoms with Crippen molar-refractivity contribution >= 4 is 32.9 Å². The SMILES string of the molecule is Cc1cc(=O)oc2c(O)c(O)ccc12.Cc1cc(=O)oc2cc(O)c(O)cc12.Cc1cc(=O)oc2cc(O)cc(O)c12. The van der Waals surface area contributed by atoms with Crippen molar-refractivity contribution in [3.8, 4) is 34.5 Å². The third kappa shape index (κ3) is 5.97. The predicted octanol–water partition coefficient (Wildman–Crippen LogP) is 4.54. The zero-order chi connectivity index (χ0) is 30.9. The van der Waals surface area contributed by atoms with Gasteiger partial charge in [-0.1, -0.05) is 0 Å². The zero-order valence-corrected chi connectivity index (χ0v) is 22.3. The lowest BCUT2D eigenvalue weighted by atomic mass is 10.1. The fourth-order valence-corrected chi connectivity index (χ4v) is 4.15. The van der Waals surface area contributed by atoms with Gasteiger partial charge in [-0.3, -0.25) is 0 Å². The Morgan fingerprint density at radius 1 is 0.500 bits per heavy atom. The van der Waals surface area contributed by atoms with Gasteiger partial charge >= 0.3 is 16.9 Å². The molecule has 0 bridgehead atoms. The van der Waals surface area contributed by atoms with E-state index in [1.165, 1.54) is 48.5 Å². The Morgan fingerprint density at radius 2 is 1.05 bits per heavy atom. The Kier molecular flexibility index (Phi) is 7.82. The third-order valence-corrected chi connectivity index (χ3v) is 6.12. The molecular weight excluding hydrogens is 552 g/mol. The molecule has 3 aromatic heterocycles. The van der Waals surface area contributed by atoms with Crippen LogP contribution in [-0.4, -0.2) is 30.6 Å². The number of fused-ring (bicyclic) bond motifs is 3. The minimum Gasteiger partial charge on any atom is -0.508 e. The Hall–Kier alpha value is -5.91. The van der Waals surface area contributed by atoms with Crippen LogP contribution >= 0.6 is 0 Å². The van der Waals surface area contributed by atoms with Crippen molar-refractivity contribution < 1.29 is 43.9 Å². The Bertz CT molecular complexity index is 2140. The van der Waals surface area contributed by atoms with E-state index in [9.17, 15) is 45.0 Å². The lowest BCUT2D eigenvalue weighted by Gasteiger charge is -2.03. The van der Waals surface area contributed by atoms with Gasteiger partial charge in [0, 0.05) is 47.2 Å². The molecule has 0 atom stereocenters. The van der Waals surface area contributed by atoms with Crippen LogP contribution in [0.25, 0.3) is 32.9 Å². The maximum atomic E-state index is 11.0. The lowest BCUT2D eigenvalue weighted by Crippen LogP contribution is -1.97. The normalized spacial score (nSPS) is 10.6. The zero-order valence-electron chi connectivity index (χ0n) is 22.3. The molecule has 0 aliphatic rings. The maximum absolute atomic E-state index is 11.0. The van der Waals surface area contributed by atoms with Gasteiger partial charge < -0.3 is 43.9 Å². The summed E-state index contributed by atoms with van der Waals surface area (Å²) in [6, 6.07) is 12.0. The minimum atomic E-state index is -0.545. The number of hydrogen-bond acceptors (Lipinski definition) is 12. The van der Waals surface area contributed by atoms with Crippen molar-refractivity contribution in [1.29, 1.82) is 0 Å². The maximum Gasteiger partial charge on any atom is 0.336 e. The van der Waals surface area contributed by atoms with Crippen LogP contribution in [-0.2, 0) is 0 Å². The van der Waals surface area contributed by atoms with Crippen LogP contribution in [0.4, 0.5) is 0 Å². The highest BCUT2D eigenvalue weighted by Gasteiger charge is 2.11. The van der Waals surface area contributed by atoms with E-state index < -0.39 is 22.6 Å². The summed E-state index contributed by atoms with van der Waals surface area (Å²) in [6.45, 7) is 5.15. The van der Waals surface area contributed by atoms with Gasteiger partial charge in [-0.05, 0) is 55.7 Å². The third-order valence-electron chi connectivity index (χ3n) is 6.12. The van der Waals surface area contributed by atoms with Crippen molar-refractivity contribution in [2.75, 3.05) is 0 Å². The van der Waals surface area contributed by atoms with E-state index in [1.807, 2.05) is 0 Å². The average molecular weight is 577 g/mol. The topological polar surface area (TPSA) is 212 Å². The quantitative estimate of drug-likeness (QED) is 0.109. The first kappa shape index (κ1) is 29.1. The largest absolute Gasteiger partial charge is 0.508 e. The molecule has 12 heteroatoms. The summed E-state index contributed by atoms with van der Waals surface area (Å²) < 4.78 is 14.5. The lowest BCUT2D eigenvalue weighted by molar-refractivity contribution is 0.397. The van der Waals surface area contributed by atoms with Crippen LogP contribution in [0.2, 0.25) is 0 Å². The van der Waals surface area contributed by atoms with Gasteiger partial charge in [-0.2, -0.15) is 0 Å². The molecule has 0 amide bonds. The van der Waals surface area contributed by atoms with E-state index in [-0.39, 0.29) is 45.5 Å². The number of aromatic hydroxyl groups is 6. The second kappa shape index (κ2) is 11.3. The molecule has 12 nitrogen and oxygen atoms in total. The van der Waals surface area contributed by atoms with E-state index in [1.54, 1.807) is 26.8 Å². The van der Waals surface area contributed by atoms with Gasteiger partial charge in [-0.25, -0.2) is 14.4 Å². The van der Waals surface area contributed by atoms with Crippen molar-refractivity contribution in [3.63, 3.8) is 0 Å². The summed E-state index contributed by atoms with van der Waals surface area (Å²) in [4.78, 5) is 33.0. The molecule has 6 aromatic rings. The summed E-state index contributed by atoms with van der Waals surface area (Å²) in [6.07, 6.45) is 0. The molecule has 0 aliphatic carbocycles. The molecule has 3 aromatic carbocycles. The number of phenolic OH excluding ortho intramolecular Hbond substituents is 6. The van der Waals surface area contributed by atoms with Crippen LogP contribution in [0.1, 0.15) is 16.7 Å². The number of hydrogen-bond donors (Lipinski definition) is 6. The predicted molar refractivity (Wildman–Crippen MR) is 152 cm³/mol. The number of aryl methyl sites for hydroxylation is 3. The van der Waals surface area contributed by atoms with Gasteiger partial charge in [0.15, 0.2) is 22.8 Å². The molecule has 3 heterocycles. The molecule has 0 aliphatic heterocycles. The second-order valence-corrected chi connectivity index (χ2v) is 9.23. The molecule has 216 valence electrons. The van der Waals surface area contributed by atoms with E-state index in [4.69, 9.17) is 13.3 Å². The first-order valence-electron chi connectivity index (χ1n) is 12.1. The monoisotopic (exact) mass is 576 g/mol. The molecule has 0 unspecified atom stereocenters. The summed E-state index contributed by atoms with van der Waals surface area (Å²) in [5, 5.41) is 57.4. The van der Waals surface area contributed by atoms with Crippen LogP contribution in [0.5, 0.6) is 34.5 Å². The van der Waals surface area contributed by atoms with Crippen LogP contribution < -0.4 is 16.9 Å². The smallest absolute Gasteiger partial charge is 0.336 e. The molecule has 0 saturated heterocycles. The fraction of sp³-hybridized carbons (Fsp3) is 0.100. The van der Waals surface area contributed by atoms with Crippen molar-refractivity contribution in [2.45, 2.75) is 20.8 Å². The highest BCUT2D eigenvalue weighted by molar-refractivity contribution is 5.88. The van der Waals surface area contributed by atoms with Gasteiger partial charge in [0.2, 0.25) is 5.75 Å². The first-order chi connectivity index (χ1) is 19.7. The average Bonchev–Trinajstić information content (AvgIpc) is 2.87. The Labute approximate surface area is 234 Å². The molecular formula is C30H24O12. The van der Waals surface area contributed by atoms with E-state index in [0.29, 0.717) is 32.8 Å². The molecule has 0 spiro atoms. The highest BCUT2D eigenvalue weighted by Crippen LogP contribution is 2.34. The van der Waals surface area contributed by atoms with Crippen LogP contribution in [0.15, 0.2) is 82.2 Å². The van der Waals surface area contributed by atoms with E-state index >= 15 is 0 Å². The second-order valence-electron chi connectivity index (χ2n) is 9.23. The van der Waals surface area contributed by atoms with Crippen molar-refractivity contribution in [3.05, 3.63) is 103 Å². The van der Waals surface area contributed by atoms with Crippen molar-refractivity contribution in [1.82, 2.24) is 0 Å². The van der Waals surface area contributed by atoms with E-state index in [0.717, 1.165) is 0 Å². The summed E-state index contributed by atoms with van der Waals surface area (Å²) >= 11 is 0.